The fraction of sp³-hybridized carbons (Fsp3) is 0.536. The van der Waals surface area contributed by atoms with E-state index in [2.05, 4.69) is 29.3 Å². The second kappa shape index (κ2) is 12.5. The molecule has 0 radical (unpaired) electrons. The summed E-state index contributed by atoms with van der Waals surface area (Å²) in [6, 6.07) is 5.48. The van der Waals surface area contributed by atoms with E-state index in [0.717, 1.165) is 37.8 Å². The molecule has 0 unspecified atom stereocenters. The van der Waals surface area contributed by atoms with Crippen LogP contribution in [-0.4, -0.2) is 66.0 Å². The summed E-state index contributed by atoms with van der Waals surface area (Å²) in [7, 11) is -0.281. The largest absolute Gasteiger partial charge is 0.390 e. The van der Waals surface area contributed by atoms with E-state index in [9.17, 15) is 30.8 Å². The maximum atomic E-state index is 15.0. The minimum atomic E-state index is -4.67. The smallest absolute Gasteiger partial charge is 0.351 e. The average molecular weight is 613 g/mol. The van der Waals surface area contributed by atoms with Crippen molar-refractivity contribution in [1.29, 1.82) is 0 Å². The van der Waals surface area contributed by atoms with Crippen molar-refractivity contribution < 1.29 is 26.0 Å². The molecule has 1 atom stereocenters. The lowest BCUT2D eigenvalue weighted by Crippen LogP contribution is -2.36. The molecule has 2 heterocycles. The summed E-state index contributed by atoms with van der Waals surface area (Å²) in [6.45, 7) is 3.81. The van der Waals surface area contributed by atoms with Gasteiger partial charge < -0.3 is 10.2 Å². The Hall–Kier alpha value is -3.26. The highest BCUT2D eigenvalue weighted by Crippen LogP contribution is 2.29. The number of pyridine rings is 1. The van der Waals surface area contributed by atoms with Crippen molar-refractivity contribution in [2.75, 3.05) is 29.9 Å². The van der Waals surface area contributed by atoms with Gasteiger partial charge in [-0.1, -0.05) is 13.0 Å². The first kappa shape index (κ1) is 31.7. The van der Waals surface area contributed by atoms with Crippen molar-refractivity contribution >= 4 is 32.7 Å². The third-order valence-corrected chi connectivity index (χ3v) is 9.04. The number of sulfonamides is 1. The van der Waals surface area contributed by atoms with Crippen LogP contribution in [-0.2, 0) is 10.0 Å². The zero-order chi connectivity index (χ0) is 30.8. The molecule has 9 nitrogen and oxygen atoms in total. The summed E-state index contributed by atoms with van der Waals surface area (Å²) < 4.78 is 79.8. The van der Waals surface area contributed by atoms with Gasteiger partial charge >= 0.3 is 6.18 Å². The van der Waals surface area contributed by atoms with Crippen LogP contribution in [0.25, 0.3) is 22.2 Å². The maximum absolute atomic E-state index is 15.0. The second-order valence-corrected chi connectivity index (χ2v) is 12.9. The average Bonchev–Trinajstić information content (AvgIpc) is 2.92. The van der Waals surface area contributed by atoms with Crippen LogP contribution in [0, 0.1) is 5.82 Å². The topological polar surface area (TPSA) is 109 Å². The van der Waals surface area contributed by atoms with Gasteiger partial charge in [-0.2, -0.15) is 18.2 Å². The lowest BCUT2D eigenvalue weighted by molar-refractivity contribution is -0.129. The molecule has 14 heteroatoms. The van der Waals surface area contributed by atoms with Crippen molar-refractivity contribution in [3.63, 3.8) is 0 Å². The van der Waals surface area contributed by atoms with E-state index in [0.29, 0.717) is 29.4 Å². The Balaban J connectivity index is 1.64. The number of alkyl halides is 3. The fourth-order valence-electron chi connectivity index (χ4n) is 5.14. The van der Waals surface area contributed by atoms with Gasteiger partial charge in [-0.15, -0.1) is 0 Å². The standard InChI is InChI=1S/C28H36F4N6O3S/c1-5-17(2)38-25-19(16-33-27(35-25)34-20-7-9-21(10-8-20)37(3)4)14-22(26(38)39)18-6-11-24(23(29)15-18)36-42(40,41)13-12-28(30,31)32/h6,11,14-17,20-21,36H,5,7-10,12-13H2,1-4H3,(H,33,34,35)/t17-,20-,21-/m1/s1. The number of fused-ring (bicyclic) bond motifs is 1. The second-order valence-electron chi connectivity index (χ2n) is 11.1. The highest BCUT2D eigenvalue weighted by Gasteiger charge is 2.30. The number of nitrogens with one attached hydrogen (secondary N) is 2. The Bertz CT molecular complexity index is 1580. The molecule has 42 heavy (non-hydrogen) atoms. The summed E-state index contributed by atoms with van der Waals surface area (Å²) >= 11 is 0. The first-order valence-electron chi connectivity index (χ1n) is 13.9. The van der Waals surface area contributed by atoms with Crippen molar-refractivity contribution in [2.24, 2.45) is 0 Å². The number of anilines is 2. The monoisotopic (exact) mass is 612 g/mol. The Kier molecular flexibility index (Phi) is 9.46. The van der Waals surface area contributed by atoms with Gasteiger partial charge in [0.1, 0.15) is 11.5 Å². The minimum Gasteiger partial charge on any atom is -0.351 e. The van der Waals surface area contributed by atoms with Crippen molar-refractivity contribution in [1.82, 2.24) is 19.4 Å². The Morgan fingerprint density at radius 3 is 2.43 bits per heavy atom. The van der Waals surface area contributed by atoms with Crippen LogP contribution in [0.1, 0.15) is 58.4 Å². The van der Waals surface area contributed by atoms with Crippen LogP contribution in [0.15, 0.2) is 35.3 Å². The van der Waals surface area contributed by atoms with Gasteiger partial charge in [0.25, 0.3) is 5.56 Å². The van der Waals surface area contributed by atoms with Gasteiger partial charge in [-0.25, -0.2) is 17.8 Å². The quantitative estimate of drug-likeness (QED) is 0.289. The minimum absolute atomic E-state index is 0.152. The molecule has 1 fully saturated rings. The lowest BCUT2D eigenvalue weighted by atomic mass is 9.91. The molecule has 0 spiro atoms. The molecule has 2 N–H and O–H groups in total. The summed E-state index contributed by atoms with van der Waals surface area (Å²) in [5, 5.41) is 3.97. The molecule has 1 saturated carbocycles. The summed E-state index contributed by atoms with van der Waals surface area (Å²) in [5.41, 5.74) is -0.158. The van der Waals surface area contributed by atoms with Gasteiger partial charge in [0.15, 0.2) is 0 Å². The molecule has 4 rings (SSSR count). The predicted molar refractivity (Wildman–Crippen MR) is 156 cm³/mol. The van der Waals surface area contributed by atoms with E-state index in [1.54, 1.807) is 16.8 Å². The summed E-state index contributed by atoms with van der Waals surface area (Å²) in [6.07, 6.45) is 0.0556. The number of hydrogen-bond acceptors (Lipinski definition) is 7. The first-order chi connectivity index (χ1) is 19.7. The van der Waals surface area contributed by atoms with E-state index < -0.39 is 45.4 Å². The molecule has 1 aliphatic rings. The van der Waals surface area contributed by atoms with E-state index in [1.807, 2.05) is 18.6 Å². The number of rotatable bonds is 10. The molecule has 0 bridgehead atoms. The van der Waals surface area contributed by atoms with E-state index >= 15 is 0 Å². The van der Waals surface area contributed by atoms with E-state index in [4.69, 9.17) is 4.98 Å². The molecule has 0 saturated heterocycles. The van der Waals surface area contributed by atoms with E-state index in [1.165, 1.54) is 6.07 Å². The predicted octanol–water partition coefficient (Wildman–Crippen LogP) is 5.55. The van der Waals surface area contributed by atoms with E-state index in [-0.39, 0.29) is 23.2 Å². The first-order valence-corrected chi connectivity index (χ1v) is 15.5. The summed E-state index contributed by atoms with van der Waals surface area (Å²) in [5.74, 6) is -1.85. The van der Waals surface area contributed by atoms with Crippen LogP contribution >= 0.6 is 0 Å². The Morgan fingerprint density at radius 2 is 1.83 bits per heavy atom. The van der Waals surface area contributed by atoms with Gasteiger partial charge in [-0.3, -0.25) is 14.1 Å². The van der Waals surface area contributed by atoms with Gasteiger partial charge in [0.2, 0.25) is 16.0 Å². The zero-order valence-electron chi connectivity index (χ0n) is 24.0. The third-order valence-electron chi connectivity index (χ3n) is 7.76. The molecule has 3 aromatic rings. The Morgan fingerprint density at radius 1 is 1.14 bits per heavy atom. The maximum Gasteiger partial charge on any atom is 0.390 e. The van der Waals surface area contributed by atoms with Gasteiger partial charge in [-0.05, 0) is 76.9 Å². The SMILES string of the molecule is CC[C@@H](C)n1c(=O)c(-c2ccc(NS(=O)(=O)CCC(F)(F)F)c(F)c2)cc2cnc(N[C@H]3CC[C@H](N(C)C)CC3)nc21. The van der Waals surface area contributed by atoms with Crippen LogP contribution in [0.3, 0.4) is 0 Å². The molecule has 1 aliphatic carbocycles. The van der Waals surface area contributed by atoms with Crippen LogP contribution in [0.5, 0.6) is 0 Å². The molecule has 1 aromatic carbocycles. The molecular weight excluding hydrogens is 576 g/mol. The van der Waals surface area contributed by atoms with Crippen LogP contribution in [0.2, 0.25) is 0 Å². The Labute approximate surface area is 242 Å². The number of halogens is 4. The van der Waals surface area contributed by atoms with Crippen LogP contribution < -0.4 is 15.6 Å². The molecule has 230 valence electrons. The number of hydrogen-bond donors (Lipinski definition) is 2. The summed E-state index contributed by atoms with van der Waals surface area (Å²) in [4.78, 5) is 25.1. The zero-order valence-corrected chi connectivity index (χ0v) is 24.8. The van der Waals surface area contributed by atoms with Crippen molar-refractivity contribution in [3.8, 4) is 11.1 Å². The molecular formula is C28H36F4N6O3S. The molecule has 0 amide bonds. The highest BCUT2D eigenvalue weighted by atomic mass is 32.2. The lowest BCUT2D eigenvalue weighted by Gasteiger charge is -2.33. The van der Waals surface area contributed by atoms with Gasteiger partial charge in [0.05, 0.1) is 17.9 Å². The highest BCUT2D eigenvalue weighted by molar-refractivity contribution is 7.92. The van der Waals surface area contributed by atoms with Crippen molar-refractivity contribution in [2.45, 2.75) is 76.7 Å². The normalized spacial score (nSPS) is 18.8. The number of nitrogens with zero attached hydrogens (tertiary/aromatic N) is 4. The van der Waals surface area contributed by atoms with Crippen molar-refractivity contribution in [3.05, 3.63) is 46.6 Å². The molecule has 0 aliphatic heterocycles. The fourth-order valence-corrected chi connectivity index (χ4v) is 6.24. The third kappa shape index (κ3) is 7.57. The number of benzene rings is 1. The van der Waals surface area contributed by atoms with Gasteiger partial charge in [0, 0.05) is 35.3 Å². The molecule has 2 aromatic heterocycles. The number of aromatic nitrogens is 3. The van der Waals surface area contributed by atoms with Crippen LogP contribution in [0.4, 0.5) is 29.2 Å².